The highest BCUT2D eigenvalue weighted by Gasteiger charge is 2.24. The first-order valence-electron chi connectivity index (χ1n) is 16.5. The van der Waals surface area contributed by atoms with Gasteiger partial charge in [0.1, 0.15) is 0 Å². The predicted molar refractivity (Wildman–Crippen MR) is 162 cm³/mol. The number of esters is 2. The molecule has 224 valence electrons. The van der Waals surface area contributed by atoms with E-state index in [1.165, 1.54) is 89.9 Å². The summed E-state index contributed by atoms with van der Waals surface area (Å²) in [5, 5.41) is 0. The second-order valence-corrected chi connectivity index (χ2v) is 11.6. The Labute approximate surface area is 237 Å². The molecule has 0 aliphatic carbocycles. The van der Waals surface area contributed by atoms with E-state index in [0.717, 1.165) is 38.5 Å². The normalized spacial score (nSPS) is 12.1. The summed E-state index contributed by atoms with van der Waals surface area (Å²) in [4.78, 5) is 26.4. The van der Waals surface area contributed by atoms with Crippen molar-refractivity contribution >= 4 is 11.9 Å². The minimum absolute atomic E-state index is 0.270. The van der Waals surface area contributed by atoms with Crippen LogP contribution in [0.3, 0.4) is 0 Å². The highest BCUT2D eigenvalue weighted by Crippen LogP contribution is 2.24. The summed E-state index contributed by atoms with van der Waals surface area (Å²) in [5.41, 5.74) is 1.13. The Morgan fingerprint density at radius 3 is 1.21 bits per heavy atom. The van der Waals surface area contributed by atoms with E-state index in [2.05, 4.69) is 34.6 Å². The lowest BCUT2D eigenvalue weighted by molar-refractivity contribution is -0.142. The Bertz CT molecular complexity index is 593. The van der Waals surface area contributed by atoms with Crippen LogP contribution in [-0.2, 0) is 19.1 Å². The van der Waals surface area contributed by atoms with Crippen LogP contribution >= 0.6 is 0 Å². The summed E-state index contributed by atoms with van der Waals surface area (Å²) in [7, 11) is 0. The van der Waals surface area contributed by atoms with Crippen molar-refractivity contribution in [1.29, 1.82) is 0 Å². The van der Waals surface area contributed by atoms with E-state index in [-0.39, 0.29) is 17.9 Å². The molecule has 0 fully saturated rings. The smallest absolute Gasteiger partial charge is 0.334 e. The van der Waals surface area contributed by atoms with Gasteiger partial charge in [0.2, 0.25) is 0 Å². The van der Waals surface area contributed by atoms with Crippen molar-refractivity contribution in [3.8, 4) is 0 Å². The maximum absolute atomic E-state index is 13.2. The number of carbonyl (C=O) groups excluding carboxylic acids is 2. The summed E-state index contributed by atoms with van der Waals surface area (Å²) in [6.07, 6.45) is 24.6. The molecule has 0 aromatic rings. The standard InChI is InChI=1S/C34H64O4/c1-6-9-12-15-18-19-20-23-26-31(33(35)37-27-24-21-16-13-10-7-2)32(29-30(4)5)34(36)38-28-25-22-17-14-11-8-3/h30H,6-29H2,1-5H3/b32-31-. The van der Waals surface area contributed by atoms with Gasteiger partial charge in [-0.15, -0.1) is 0 Å². The summed E-state index contributed by atoms with van der Waals surface area (Å²) >= 11 is 0. The molecule has 0 bridgehead atoms. The van der Waals surface area contributed by atoms with Crippen LogP contribution in [0, 0.1) is 5.92 Å². The summed E-state index contributed by atoms with van der Waals surface area (Å²) in [6.45, 7) is 11.7. The third kappa shape index (κ3) is 21.6. The molecule has 0 radical (unpaired) electrons. The van der Waals surface area contributed by atoms with Gasteiger partial charge in [-0.1, -0.05) is 144 Å². The lowest BCUT2D eigenvalue weighted by Gasteiger charge is -2.16. The second kappa shape index (κ2) is 27.3. The Hall–Kier alpha value is -1.32. The quantitative estimate of drug-likeness (QED) is 0.0595. The third-order valence-corrected chi connectivity index (χ3v) is 7.21. The van der Waals surface area contributed by atoms with Crippen molar-refractivity contribution in [2.75, 3.05) is 13.2 Å². The average molecular weight is 537 g/mol. The van der Waals surface area contributed by atoms with Crippen molar-refractivity contribution in [2.45, 2.75) is 176 Å². The molecule has 0 aromatic carbocycles. The maximum Gasteiger partial charge on any atom is 0.334 e. The van der Waals surface area contributed by atoms with Crippen LogP contribution in [-0.4, -0.2) is 25.2 Å². The Balaban J connectivity index is 5.09. The van der Waals surface area contributed by atoms with Crippen LogP contribution < -0.4 is 0 Å². The molecular formula is C34H64O4. The molecule has 0 unspecified atom stereocenters. The first-order valence-corrected chi connectivity index (χ1v) is 16.5. The highest BCUT2D eigenvalue weighted by atomic mass is 16.5. The van der Waals surface area contributed by atoms with Crippen molar-refractivity contribution in [3.63, 3.8) is 0 Å². The van der Waals surface area contributed by atoms with E-state index in [1.807, 2.05) is 0 Å². The molecule has 4 heteroatoms. The number of carbonyl (C=O) groups is 2. The number of ether oxygens (including phenoxy) is 2. The van der Waals surface area contributed by atoms with Crippen LogP contribution in [0.15, 0.2) is 11.1 Å². The van der Waals surface area contributed by atoms with E-state index < -0.39 is 0 Å². The van der Waals surface area contributed by atoms with Crippen molar-refractivity contribution < 1.29 is 19.1 Å². The van der Waals surface area contributed by atoms with Gasteiger partial charge in [0, 0.05) is 11.1 Å². The van der Waals surface area contributed by atoms with Gasteiger partial charge in [-0.05, 0) is 38.0 Å². The van der Waals surface area contributed by atoms with Gasteiger partial charge in [-0.25, -0.2) is 9.59 Å². The van der Waals surface area contributed by atoms with Gasteiger partial charge >= 0.3 is 11.9 Å². The Kier molecular flexibility index (Phi) is 26.3. The van der Waals surface area contributed by atoms with Crippen molar-refractivity contribution in [1.82, 2.24) is 0 Å². The van der Waals surface area contributed by atoms with Gasteiger partial charge in [0.25, 0.3) is 0 Å². The van der Waals surface area contributed by atoms with Crippen LogP contribution in [0.5, 0.6) is 0 Å². The zero-order valence-corrected chi connectivity index (χ0v) is 26.2. The predicted octanol–water partition coefficient (Wildman–Crippen LogP) is 10.7. The lowest BCUT2D eigenvalue weighted by Crippen LogP contribution is -2.19. The summed E-state index contributed by atoms with van der Waals surface area (Å²) < 4.78 is 11.4. The monoisotopic (exact) mass is 536 g/mol. The molecule has 0 atom stereocenters. The van der Waals surface area contributed by atoms with Crippen molar-refractivity contribution in [3.05, 3.63) is 11.1 Å². The summed E-state index contributed by atoms with van der Waals surface area (Å²) in [5.74, 6) is -0.335. The van der Waals surface area contributed by atoms with Crippen LogP contribution in [0.25, 0.3) is 0 Å². The van der Waals surface area contributed by atoms with Gasteiger partial charge in [0.05, 0.1) is 13.2 Å². The fourth-order valence-corrected chi connectivity index (χ4v) is 4.82. The van der Waals surface area contributed by atoms with Crippen LogP contribution in [0.1, 0.15) is 176 Å². The van der Waals surface area contributed by atoms with E-state index in [9.17, 15) is 9.59 Å². The highest BCUT2D eigenvalue weighted by molar-refractivity contribution is 6.00. The van der Waals surface area contributed by atoms with Gasteiger partial charge in [-0.3, -0.25) is 0 Å². The number of rotatable bonds is 27. The SMILES string of the molecule is CCCCCCCCCC/C(C(=O)OCCCCCCCC)=C(\CC(C)C)C(=O)OCCCCCCCC. The van der Waals surface area contributed by atoms with Crippen molar-refractivity contribution in [2.24, 2.45) is 5.92 Å². The van der Waals surface area contributed by atoms with Crippen LogP contribution in [0.4, 0.5) is 0 Å². The molecule has 0 aromatic heterocycles. The number of hydrogen-bond donors (Lipinski definition) is 0. The molecular weight excluding hydrogens is 472 g/mol. The van der Waals surface area contributed by atoms with E-state index >= 15 is 0 Å². The lowest BCUT2D eigenvalue weighted by atomic mass is 9.94. The van der Waals surface area contributed by atoms with Gasteiger partial charge in [-0.2, -0.15) is 0 Å². The minimum atomic E-state index is -0.307. The zero-order valence-electron chi connectivity index (χ0n) is 26.2. The summed E-state index contributed by atoms with van der Waals surface area (Å²) in [6, 6.07) is 0. The molecule has 0 rings (SSSR count). The molecule has 0 spiro atoms. The first kappa shape index (κ1) is 36.7. The first-order chi connectivity index (χ1) is 18.5. The molecule has 0 aliphatic heterocycles. The Morgan fingerprint density at radius 2 is 0.816 bits per heavy atom. The minimum Gasteiger partial charge on any atom is -0.462 e. The fourth-order valence-electron chi connectivity index (χ4n) is 4.82. The largest absolute Gasteiger partial charge is 0.462 e. The van der Waals surface area contributed by atoms with Gasteiger partial charge < -0.3 is 9.47 Å². The molecule has 0 aliphatic rings. The van der Waals surface area contributed by atoms with E-state index in [4.69, 9.17) is 9.47 Å². The number of hydrogen-bond acceptors (Lipinski definition) is 4. The molecule has 0 saturated heterocycles. The fraction of sp³-hybridized carbons (Fsp3) is 0.882. The molecule has 0 N–H and O–H groups in total. The van der Waals surface area contributed by atoms with Crippen LogP contribution in [0.2, 0.25) is 0 Å². The van der Waals surface area contributed by atoms with E-state index in [0.29, 0.717) is 37.2 Å². The number of unbranched alkanes of at least 4 members (excludes halogenated alkanes) is 17. The molecule has 0 heterocycles. The third-order valence-electron chi connectivity index (χ3n) is 7.21. The molecule has 38 heavy (non-hydrogen) atoms. The molecule has 4 nitrogen and oxygen atoms in total. The van der Waals surface area contributed by atoms with Gasteiger partial charge in [0.15, 0.2) is 0 Å². The molecule has 0 amide bonds. The Morgan fingerprint density at radius 1 is 0.474 bits per heavy atom. The maximum atomic E-state index is 13.2. The zero-order chi connectivity index (χ0) is 28.3. The molecule has 0 saturated carbocycles. The topological polar surface area (TPSA) is 52.6 Å². The average Bonchev–Trinajstić information content (AvgIpc) is 2.89. The second-order valence-electron chi connectivity index (χ2n) is 11.6. The van der Waals surface area contributed by atoms with E-state index in [1.54, 1.807) is 0 Å².